The van der Waals surface area contributed by atoms with Crippen LogP contribution in [0.15, 0.2) is 18.2 Å². The molecule has 0 aromatic heterocycles. The van der Waals surface area contributed by atoms with Gasteiger partial charge in [0.25, 0.3) is 0 Å². The quantitative estimate of drug-likeness (QED) is 0.726. The number of nitrogens with one attached hydrogen (secondary N) is 2. The molecule has 1 atom stereocenters. The van der Waals surface area contributed by atoms with Crippen molar-refractivity contribution in [3.8, 4) is 0 Å². The molecule has 1 unspecified atom stereocenters. The monoisotopic (exact) mass is 316 g/mol. The highest BCUT2D eigenvalue weighted by molar-refractivity contribution is 6.41. The first-order valence-electron chi connectivity index (χ1n) is 6.53. The molecule has 0 bridgehead atoms. The summed E-state index contributed by atoms with van der Waals surface area (Å²) in [7, 11) is 0. The van der Waals surface area contributed by atoms with Gasteiger partial charge >= 0.3 is 11.8 Å². The van der Waals surface area contributed by atoms with Crippen molar-refractivity contribution in [2.75, 3.05) is 11.9 Å². The third-order valence-corrected chi connectivity index (χ3v) is 3.19. The molecule has 3 N–H and O–H groups in total. The highest BCUT2D eigenvalue weighted by Crippen LogP contribution is 2.22. The number of anilines is 1. The fourth-order valence-corrected chi connectivity index (χ4v) is 1.73. The molecule has 0 saturated carbocycles. The molecule has 1 aromatic carbocycles. The van der Waals surface area contributed by atoms with Crippen LogP contribution in [-0.2, 0) is 9.59 Å². The van der Waals surface area contributed by atoms with Crippen LogP contribution < -0.4 is 10.6 Å². The van der Waals surface area contributed by atoms with E-state index in [9.17, 15) is 19.1 Å². The number of amides is 2. The van der Waals surface area contributed by atoms with Gasteiger partial charge in [-0.1, -0.05) is 25.4 Å². The molecule has 0 radical (unpaired) electrons. The highest BCUT2D eigenvalue weighted by atomic mass is 35.5. The summed E-state index contributed by atoms with van der Waals surface area (Å²) in [6.07, 6.45) is -0.187. The maximum atomic E-state index is 12.9. The van der Waals surface area contributed by atoms with Crippen molar-refractivity contribution < 1.29 is 19.1 Å². The lowest BCUT2D eigenvalue weighted by atomic mass is 10.0. The Kier molecular flexibility index (Phi) is 6.58. The molecular weight excluding hydrogens is 299 g/mol. The Hall–Kier alpha value is -1.66. The Morgan fingerprint density at radius 1 is 1.33 bits per heavy atom. The molecule has 116 valence electrons. The van der Waals surface area contributed by atoms with E-state index in [0.29, 0.717) is 6.42 Å². The molecule has 0 saturated heterocycles. The van der Waals surface area contributed by atoms with Gasteiger partial charge in [0.1, 0.15) is 5.82 Å². The van der Waals surface area contributed by atoms with Crippen LogP contribution in [0.5, 0.6) is 0 Å². The van der Waals surface area contributed by atoms with Crippen LogP contribution in [-0.4, -0.2) is 29.6 Å². The van der Waals surface area contributed by atoms with Crippen LogP contribution >= 0.6 is 11.6 Å². The van der Waals surface area contributed by atoms with E-state index in [1.807, 2.05) is 13.8 Å². The zero-order chi connectivity index (χ0) is 16.0. The summed E-state index contributed by atoms with van der Waals surface area (Å²) in [6, 6.07) is 3.43. The van der Waals surface area contributed by atoms with Crippen molar-refractivity contribution in [2.24, 2.45) is 5.92 Å². The second kappa shape index (κ2) is 7.95. The lowest BCUT2D eigenvalue weighted by molar-refractivity contribution is -0.136. The zero-order valence-corrected chi connectivity index (χ0v) is 12.6. The highest BCUT2D eigenvalue weighted by Gasteiger charge is 2.16. The summed E-state index contributed by atoms with van der Waals surface area (Å²) < 4.78 is 12.9. The number of carbonyl (C=O) groups excluding carboxylic acids is 2. The Labute approximate surface area is 127 Å². The number of hydrogen-bond acceptors (Lipinski definition) is 3. The first kappa shape index (κ1) is 17.4. The van der Waals surface area contributed by atoms with Crippen molar-refractivity contribution in [1.82, 2.24) is 5.32 Å². The normalized spacial score (nSPS) is 12.1. The summed E-state index contributed by atoms with van der Waals surface area (Å²) in [5, 5.41) is 14.3. The number of hydrogen-bond donors (Lipinski definition) is 3. The maximum Gasteiger partial charge on any atom is 0.313 e. The number of benzene rings is 1. The summed E-state index contributed by atoms with van der Waals surface area (Å²) in [5.41, 5.74) is 0.153. The van der Waals surface area contributed by atoms with Crippen LogP contribution in [0.4, 0.5) is 10.1 Å². The van der Waals surface area contributed by atoms with E-state index >= 15 is 0 Å². The Bertz CT molecular complexity index is 523. The summed E-state index contributed by atoms with van der Waals surface area (Å²) in [4.78, 5) is 23.2. The van der Waals surface area contributed by atoms with Gasteiger partial charge in [0.05, 0.1) is 16.8 Å². The van der Waals surface area contributed by atoms with Crippen molar-refractivity contribution >= 4 is 29.1 Å². The average Bonchev–Trinajstić information content (AvgIpc) is 2.41. The summed E-state index contributed by atoms with van der Waals surface area (Å²) in [5.74, 6) is -2.20. The predicted octanol–water partition coefficient (Wildman–Crippen LogP) is 1.94. The minimum absolute atomic E-state index is 0.00591. The molecule has 2 amide bonds. The zero-order valence-electron chi connectivity index (χ0n) is 11.8. The van der Waals surface area contributed by atoms with Crippen molar-refractivity contribution in [2.45, 2.75) is 26.4 Å². The molecule has 7 heteroatoms. The van der Waals surface area contributed by atoms with E-state index in [1.165, 1.54) is 6.07 Å². The van der Waals surface area contributed by atoms with E-state index in [1.54, 1.807) is 0 Å². The van der Waals surface area contributed by atoms with Gasteiger partial charge in [-0.3, -0.25) is 9.59 Å². The lowest BCUT2D eigenvalue weighted by Crippen LogP contribution is -2.37. The van der Waals surface area contributed by atoms with E-state index < -0.39 is 23.7 Å². The molecule has 0 aliphatic heterocycles. The van der Waals surface area contributed by atoms with Gasteiger partial charge in [0.2, 0.25) is 0 Å². The van der Waals surface area contributed by atoms with Gasteiger partial charge in [-0.15, -0.1) is 0 Å². The fraction of sp³-hybridized carbons (Fsp3) is 0.429. The van der Waals surface area contributed by atoms with Gasteiger partial charge in [0, 0.05) is 6.54 Å². The van der Waals surface area contributed by atoms with Gasteiger partial charge in [-0.05, 0) is 30.5 Å². The standard InChI is InChI=1S/C14H18ClFN2O3/c1-8(2)12(19)5-6-17-13(20)14(21)18-11-4-3-9(16)7-10(11)15/h3-4,7-8,12,19H,5-6H2,1-2H3,(H,17,20)(H,18,21). The van der Waals surface area contributed by atoms with E-state index in [0.717, 1.165) is 12.1 Å². The predicted molar refractivity (Wildman–Crippen MR) is 78.5 cm³/mol. The molecule has 1 rings (SSSR count). The number of aliphatic hydroxyl groups is 1. The average molecular weight is 317 g/mol. The van der Waals surface area contributed by atoms with Crippen molar-refractivity contribution in [1.29, 1.82) is 0 Å². The number of halogens is 2. The van der Waals surface area contributed by atoms with Gasteiger partial charge in [-0.25, -0.2) is 4.39 Å². The van der Waals surface area contributed by atoms with Crippen molar-refractivity contribution in [3.05, 3.63) is 29.0 Å². The maximum absolute atomic E-state index is 12.9. The Morgan fingerprint density at radius 2 is 2.00 bits per heavy atom. The first-order chi connectivity index (χ1) is 9.81. The van der Waals surface area contributed by atoms with Gasteiger partial charge in [0.15, 0.2) is 0 Å². The van der Waals surface area contributed by atoms with Crippen LogP contribution in [0, 0.1) is 11.7 Å². The summed E-state index contributed by atoms with van der Waals surface area (Å²) >= 11 is 5.74. The smallest absolute Gasteiger partial charge is 0.313 e. The van der Waals surface area contributed by atoms with Crippen LogP contribution in [0.1, 0.15) is 20.3 Å². The number of carbonyl (C=O) groups is 2. The van der Waals surface area contributed by atoms with Gasteiger partial charge < -0.3 is 15.7 Å². The Balaban J connectivity index is 2.46. The second-order valence-corrected chi connectivity index (χ2v) is 5.34. The molecular formula is C14H18ClFN2O3. The van der Waals surface area contributed by atoms with E-state index in [-0.39, 0.29) is 23.2 Å². The molecule has 21 heavy (non-hydrogen) atoms. The minimum Gasteiger partial charge on any atom is -0.393 e. The topological polar surface area (TPSA) is 78.4 Å². The largest absolute Gasteiger partial charge is 0.393 e. The minimum atomic E-state index is -0.900. The molecule has 0 aliphatic rings. The second-order valence-electron chi connectivity index (χ2n) is 4.93. The van der Waals surface area contributed by atoms with E-state index in [2.05, 4.69) is 10.6 Å². The molecule has 5 nitrogen and oxygen atoms in total. The number of aliphatic hydroxyl groups excluding tert-OH is 1. The molecule has 0 fully saturated rings. The van der Waals surface area contributed by atoms with Gasteiger partial charge in [-0.2, -0.15) is 0 Å². The Morgan fingerprint density at radius 3 is 2.57 bits per heavy atom. The van der Waals surface area contributed by atoms with Crippen molar-refractivity contribution in [3.63, 3.8) is 0 Å². The van der Waals surface area contributed by atoms with E-state index in [4.69, 9.17) is 11.6 Å². The number of rotatable bonds is 5. The van der Waals surface area contributed by atoms with Crippen LogP contribution in [0.2, 0.25) is 5.02 Å². The van der Waals surface area contributed by atoms with Crippen LogP contribution in [0.3, 0.4) is 0 Å². The first-order valence-corrected chi connectivity index (χ1v) is 6.91. The lowest BCUT2D eigenvalue weighted by Gasteiger charge is -2.14. The molecule has 1 aromatic rings. The third kappa shape index (κ3) is 5.69. The van der Waals surface area contributed by atoms with Crippen LogP contribution in [0.25, 0.3) is 0 Å². The molecule has 0 aliphatic carbocycles. The molecule has 0 heterocycles. The summed E-state index contributed by atoms with van der Waals surface area (Å²) in [6.45, 7) is 3.90. The molecule has 0 spiro atoms. The SMILES string of the molecule is CC(C)C(O)CCNC(=O)C(=O)Nc1ccc(F)cc1Cl. The fourth-order valence-electron chi connectivity index (χ4n) is 1.52. The third-order valence-electron chi connectivity index (χ3n) is 2.88.